The van der Waals surface area contributed by atoms with Gasteiger partial charge in [-0.05, 0) is 30.4 Å². The lowest BCUT2D eigenvalue weighted by Gasteiger charge is -2.12. The van der Waals surface area contributed by atoms with Crippen LogP contribution in [0.25, 0.3) is 0 Å². The average Bonchev–Trinajstić information content (AvgIpc) is 2.44. The molecule has 0 bridgehead atoms. The van der Waals surface area contributed by atoms with E-state index in [0.717, 1.165) is 16.9 Å². The predicted molar refractivity (Wildman–Crippen MR) is 89.4 cm³/mol. The van der Waals surface area contributed by atoms with Gasteiger partial charge in [0.05, 0.1) is 0 Å². The number of carboxylic acid groups (broad SMARTS) is 1. The molecule has 0 atom stereocenters. The molecule has 0 spiro atoms. The number of thioether (sulfide) groups is 1. The van der Waals surface area contributed by atoms with Crippen molar-refractivity contribution >= 4 is 40.9 Å². The number of hydrogen-bond donors (Lipinski definition) is 1. The molecule has 1 N–H and O–H groups in total. The second-order valence-electron chi connectivity index (χ2n) is 4.57. The summed E-state index contributed by atoms with van der Waals surface area (Å²) in [6.07, 6.45) is 0.532. The second-order valence-corrected chi connectivity index (χ2v) is 6.66. The minimum absolute atomic E-state index is 0.181. The number of aromatic nitrogens is 2. The van der Waals surface area contributed by atoms with Crippen LogP contribution in [0.15, 0.2) is 23.2 Å². The molecule has 0 aliphatic carbocycles. The summed E-state index contributed by atoms with van der Waals surface area (Å²) in [6, 6.07) is 5.32. The zero-order chi connectivity index (χ0) is 16.3. The fourth-order valence-corrected chi connectivity index (χ4v) is 3.27. The van der Waals surface area contributed by atoms with E-state index in [2.05, 4.69) is 9.97 Å². The van der Waals surface area contributed by atoms with Gasteiger partial charge in [-0.1, -0.05) is 36.2 Å². The van der Waals surface area contributed by atoms with E-state index in [9.17, 15) is 4.79 Å². The van der Waals surface area contributed by atoms with Crippen LogP contribution >= 0.6 is 35.0 Å². The van der Waals surface area contributed by atoms with Gasteiger partial charge in [0.25, 0.3) is 0 Å². The first-order valence-corrected chi connectivity index (χ1v) is 8.34. The van der Waals surface area contributed by atoms with Gasteiger partial charge in [-0.25, -0.2) is 14.8 Å². The SMILES string of the molecule is CCSc1nc(C(=O)O)nc(C)c1Cc1ccc(Cl)cc1Cl. The molecule has 7 heteroatoms. The number of nitrogens with zero attached hydrogens (tertiary/aromatic N) is 2. The van der Waals surface area contributed by atoms with Crippen LogP contribution in [0.3, 0.4) is 0 Å². The van der Waals surface area contributed by atoms with Crippen molar-refractivity contribution in [2.45, 2.75) is 25.3 Å². The highest BCUT2D eigenvalue weighted by Crippen LogP contribution is 2.29. The number of carbonyl (C=O) groups is 1. The Morgan fingerprint density at radius 1 is 1.32 bits per heavy atom. The summed E-state index contributed by atoms with van der Waals surface area (Å²) in [5.74, 6) is -0.520. The largest absolute Gasteiger partial charge is 0.475 e. The Morgan fingerprint density at radius 3 is 2.64 bits per heavy atom. The van der Waals surface area contributed by atoms with Crippen molar-refractivity contribution in [1.29, 1.82) is 0 Å². The Bertz CT molecular complexity index is 723. The third-order valence-corrected chi connectivity index (χ3v) is 4.52. The second kappa shape index (κ2) is 7.31. The molecule has 1 aromatic heterocycles. The number of rotatable bonds is 5. The smallest absolute Gasteiger partial charge is 0.373 e. The molecule has 0 fully saturated rings. The van der Waals surface area contributed by atoms with Gasteiger partial charge in [0.1, 0.15) is 5.03 Å². The first-order chi connectivity index (χ1) is 10.4. The lowest BCUT2D eigenvalue weighted by Crippen LogP contribution is -2.10. The van der Waals surface area contributed by atoms with E-state index in [-0.39, 0.29) is 5.82 Å². The fraction of sp³-hybridized carbons (Fsp3) is 0.267. The zero-order valence-corrected chi connectivity index (χ0v) is 14.4. The topological polar surface area (TPSA) is 63.1 Å². The van der Waals surface area contributed by atoms with Gasteiger partial charge in [0.2, 0.25) is 5.82 Å². The minimum atomic E-state index is -1.13. The molecule has 2 aromatic rings. The van der Waals surface area contributed by atoms with Crippen molar-refractivity contribution < 1.29 is 9.90 Å². The van der Waals surface area contributed by atoms with E-state index in [1.54, 1.807) is 19.1 Å². The van der Waals surface area contributed by atoms with Gasteiger partial charge in [-0.3, -0.25) is 0 Å². The van der Waals surface area contributed by atoms with Crippen LogP contribution in [0.2, 0.25) is 10.0 Å². The maximum absolute atomic E-state index is 11.1. The molecule has 116 valence electrons. The molecular weight excluding hydrogens is 343 g/mol. The highest BCUT2D eigenvalue weighted by molar-refractivity contribution is 7.99. The first kappa shape index (κ1) is 17.1. The quantitative estimate of drug-likeness (QED) is 0.631. The van der Waals surface area contributed by atoms with E-state index >= 15 is 0 Å². The summed E-state index contributed by atoms with van der Waals surface area (Å²) < 4.78 is 0. The summed E-state index contributed by atoms with van der Waals surface area (Å²) in [4.78, 5) is 19.3. The lowest BCUT2D eigenvalue weighted by molar-refractivity contribution is 0.0682. The molecule has 0 saturated carbocycles. The number of hydrogen-bond acceptors (Lipinski definition) is 4. The molecule has 0 aliphatic heterocycles. The highest BCUT2D eigenvalue weighted by atomic mass is 35.5. The summed E-state index contributed by atoms with van der Waals surface area (Å²) in [6.45, 7) is 3.77. The maximum Gasteiger partial charge on any atom is 0.373 e. The summed E-state index contributed by atoms with van der Waals surface area (Å²) in [7, 11) is 0. The van der Waals surface area contributed by atoms with Crippen LogP contribution in [-0.2, 0) is 6.42 Å². The van der Waals surface area contributed by atoms with Gasteiger partial charge in [-0.15, -0.1) is 11.8 Å². The van der Waals surface area contributed by atoms with Crippen LogP contribution in [0.1, 0.15) is 34.4 Å². The van der Waals surface area contributed by atoms with Crippen molar-refractivity contribution in [1.82, 2.24) is 9.97 Å². The van der Waals surface area contributed by atoms with Crippen molar-refractivity contribution in [2.75, 3.05) is 5.75 Å². The van der Waals surface area contributed by atoms with Crippen LogP contribution in [0.4, 0.5) is 0 Å². The molecule has 1 heterocycles. The molecule has 0 saturated heterocycles. The highest BCUT2D eigenvalue weighted by Gasteiger charge is 2.17. The molecule has 0 unspecified atom stereocenters. The minimum Gasteiger partial charge on any atom is -0.475 e. The normalized spacial score (nSPS) is 10.7. The van der Waals surface area contributed by atoms with E-state index < -0.39 is 5.97 Å². The summed E-state index contributed by atoms with van der Waals surface area (Å²) in [5, 5.41) is 10.9. The van der Waals surface area contributed by atoms with Crippen molar-refractivity contribution in [2.24, 2.45) is 0 Å². The molecule has 1 aromatic carbocycles. The first-order valence-electron chi connectivity index (χ1n) is 6.60. The number of carboxylic acids is 1. The Labute approximate surface area is 142 Å². The predicted octanol–water partition coefficient (Wildman–Crippen LogP) is 4.49. The Morgan fingerprint density at radius 2 is 2.05 bits per heavy atom. The van der Waals surface area contributed by atoms with Gasteiger partial charge in [-0.2, -0.15) is 0 Å². The molecule has 22 heavy (non-hydrogen) atoms. The summed E-state index contributed by atoms with van der Waals surface area (Å²) >= 11 is 13.6. The van der Waals surface area contributed by atoms with E-state index in [1.165, 1.54) is 11.8 Å². The zero-order valence-electron chi connectivity index (χ0n) is 12.1. The molecule has 0 radical (unpaired) electrons. The maximum atomic E-state index is 11.1. The van der Waals surface area contributed by atoms with Gasteiger partial charge in [0, 0.05) is 27.7 Å². The molecule has 0 aliphatic rings. The van der Waals surface area contributed by atoms with Crippen LogP contribution < -0.4 is 0 Å². The van der Waals surface area contributed by atoms with Crippen LogP contribution in [-0.4, -0.2) is 26.8 Å². The monoisotopic (exact) mass is 356 g/mol. The number of halogens is 2. The van der Waals surface area contributed by atoms with E-state index in [1.807, 2.05) is 13.0 Å². The third-order valence-electron chi connectivity index (χ3n) is 3.03. The molecular formula is C15H14Cl2N2O2S. The van der Waals surface area contributed by atoms with E-state index in [0.29, 0.717) is 27.2 Å². The van der Waals surface area contributed by atoms with Gasteiger partial charge in [0.15, 0.2) is 0 Å². The van der Waals surface area contributed by atoms with Gasteiger partial charge < -0.3 is 5.11 Å². The van der Waals surface area contributed by atoms with E-state index in [4.69, 9.17) is 28.3 Å². The van der Waals surface area contributed by atoms with Gasteiger partial charge >= 0.3 is 5.97 Å². The third kappa shape index (κ3) is 3.91. The Kier molecular flexibility index (Phi) is 5.67. The van der Waals surface area contributed by atoms with Crippen LogP contribution in [0.5, 0.6) is 0 Å². The Hall–Kier alpha value is -1.30. The summed E-state index contributed by atoms with van der Waals surface area (Å²) in [5.41, 5.74) is 2.44. The number of aromatic carboxylic acids is 1. The van der Waals surface area contributed by atoms with Crippen molar-refractivity contribution in [3.8, 4) is 0 Å². The molecule has 0 amide bonds. The molecule has 2 rings (SSSR count). The standard InChI is InChI=1S/C15H14Cl2N2O2S/c1-3-22-14-11(8(2)18-13(19-14)15(20)21)6-9-4-5-10(16)7-12(9)17/h4-5,7H,3,6H2,1-2H3,(H,20,21). The number of benzene rings is 1. The van der Waals surface area contributed by atoms with Crippen molar-refractivity contribution in [3.05, 3.63) is 50.9 Å². The average molecular weight is 357 g/mol. The molecule has 4 nitrogen and oxygen atoms in total. The van der Waals surface area contributed by atoms with Crippen molar-refractivity contribution in [3.63, 3.8) is 0 Å². The lowest BCUT2D eigenvalue weighted by atomic mass is 10.1. The Balaban J connectivity index is 2.47. The van der Waals surface area contributed by atoms with Crippen LogP contribution in [0, 0.1) is 6.92 Å². The number of aryl methyl sites for hydroxylation is 1. The fourth-order valence-electron chi connectivity index (χ4n) is 1.98.